The molecule has 4 aromatic carbocycles. The van der Waals surface area contributed by atoms with Crippen molar-refractivity contribution in [1.29, 1.82) is 0 Å². The molecule has 1 aliphatic rings. The molecule has 1 aliphatic carbocycles. The number of benzene rings is 4. The number of fused-ring (bicyclic) bond motifs is 3. The minimum absolute atomic E-state index is 0. The van der Waals surface area contributed by atoms with Crippen molar-refractivity contribution in [3.05, 3.63) is 138 Å². The number of nitrogens with zero attached hydrogens (tertiary/aromatic N) is 2. The Morgan fingerprint density at radius 3 is 2.40 bits per heavy atom. The summed E-state index contributed by atoms with van der Waals surface area (Å²) in [6.45, 7) is 8.14. The zero-order valence-corrected chi connectivity index (χ0v) is 34.4. The Balaban J connectivity index is 0.000000204. The van der Waals surface area contributed by atoms with Crippen LogP contribution in [0.25, 0.3) is 55.6 Å². The van der Waals surface area contributed by atoms with Crippen molar-refractivity contribution in [2.45, 2.75) is 78.8 Å². The third-order valence-electron chi connectivity index (χ3n) is 9.53. The van der Waals surface area contributed by atoms with Gasteiger partial charge in [-0.2, -0.15) is 0 Å². The molecule has 5 heteroatoms. The van der Waals surface area contributed by atoms with Crippen LogP contribution in [-0.2, 0) is 32.9 Å². The molecule has 1 saturated carbocycles. The molecule has 0 bridgehead atoms. The summed E-state index contributed by atoms with van der Waals surface area (Å²) in [7, 11) is -1.78. The first-order valence-electron chi connectivity index (χ1n) is 21.8. The van der Waals surface area contributed by atoms with Gasteiger partial charge in [0.05, 0.1) is 13.7 Å². The van der Waals surface area contributed by atoms with Gasteiger partial charge in [0.25, 0.3) is 0 Å². The summed E-state index contributed by atoms with van der Waals surface area (Å²) in [6, 6.07) is 37.0. The Hall–Kier alpha value is -4.15. The van der Waals surface area contributed by atoms with Crippen LogP contribution in [0.5, 0.6) is 0 Å². The van der Waals surface area contributed by atoms with Gasteiger partial charge in [-0.3, -0.25) is 0 Å². The Morgan fingerprint density at radius 1 is 0.868 bits per heavy atom. The van der Waals surface area contributed by atoms with Gasteiger partial charge in [-0.05, 0) is 64.4 Å². The fraction of sp³-hybridized carbons (Fsp3) is 0.292. The Labute approximate surface area is 340 Å². The molecule has 0 N–H and O–H groups in total. The molecule has 3 aromatic heterocycles. The molecule has 7 aromatic rings. The van der Waals surface area contributed by atoms with Crippen molar-refractivity contribution >= 4 is 35.2 Å². The minimum Gasteiger partial charge on any atom is -0.501 e. The standard InChI is InChI=1S/C29H24NO.C19H26NSi.Ir/c1-2-9-22(10-3-1)23-13-14-24-25-11-6-12-26(29(25)31-28(24)19-23)27-18-21(15-16-30-27)17-20-7-4-5-8-20;1-14(2)11-17-12-18(16-9-7-15(3)8-10-16)20-13-19(17)21(4,5)6;/h1-3,6,9-11,13-16,18-20H,4-5,7-8,17H2;7-9,12-14H,11H2,1-6H3;/q2*-1;/i17D2;3D3,11D2;. The molecule has 273 valence electrons. The van der Waals surface area contributed by atoms with Gasteiger partial charge in [0.2, 0.25) is 0 Å². The predicted molar refractivity (Wildman–Crippen MR) is 222 cm³/mol. The van der Waals surface area contributed by atoms with E-state index in [4.69, 9.17) is 14.0 Å². The molecule has 0 spiro atoms. The van der Waals surface area contributed by atoms with Crippen molar-refractivity contribution in [3.63, 3.8) is 0 Å². The maximum atomic E-state index is 8.78. The zero-order chi connectivity index (χ0) is 42.3. The number of aromatic nitrogens is 2. The molecule has 1 radical (unpaired) electrons. The summed E-state index contributed by atoms with van der Waals surface area (Å²) < 4.78 is 63.5. The van der Waals surface area contributed by atoms with Gasteiger partial charge in [0, 0.05) is 47.5 Å². The van der Waals surface area contributed by atoms with Crippen LogP contribution in [0, 0.1) is 30.8 Å². The molecule has 8 rings (SSSR count). The largest absolute Gasteiger partial charge is 0.501 e. The van der Waals surface area contributed by atoms with E-state index in [2.05, 4.69) is 72.1 Å². The van der Waals surface area contributed by atoms with Crippen molar-refractivity contribution in [2.24, 2.45) is 11.8 Å². The van der Waals surface area contributed by atoms with E-state index >= 15 is 0 Å². The van der Waals surface area contributed by atoms with E-state index in [0.717, 1.165) is 69.5 Å². The summed E-state index contributed by atoms with van der Waals surface area (Å²) >= 11 is 0. The number of pyridine rings is 2. The second-order valence-electron chi connectivity index (χ2n) is 15.0. The van der Waals surface area contributed by atoms with Gasteiger partial charge in [-0.15, -0.1) is 53.6 Å². The fourth-order valence-electron chi connectivity index (χ4n) is 6.92. The fourth-order valence-corrected chi connectivity index (χ4v) is 8.32. The van der Waals surface area contributed by atoms with Crippen LogP contribution in [-0.4, -0.2) is 18.0 Å². The van der Waals surface area contributed by atoms with Crippen LogP contribution >= 0.6 is 0 Å². The van der Waals surface area contributed by atoms with Crippen LogP contribution < -0.4 is 5.19 Å². The molecule has 0 unspecified atom stereocenters. The van der Waals surface area contributed by atoms with Crippen LogP contribution in [0.4, 0.5) is 0 Å². The number of rotatable bonds is 8. The van der Waals surface area contributed by atoms with E-state index in [1.165, 1.54) is 6.07 Å². The minimum atomic E-state index is -2.16. The maximum Gasteiger partial charge on any atom is 0.121 e. The van der Waals surface area contributed by atoms with E-state index in [-0.39, 0.29) is 37.5 Å². The molecule has 0 saturated heterocycles. The van der Waals surface area contributed by atoms with Gasteiger partial charge in [0.1, 0.15) is 5.58 Å². The topological polar surface area (TPSA) is 38.9 Å². The Kier molecular flexibility index (Phi) is 9.63. The second kappa shape index (κ2) is 16.9. The monoisotopic (exact) mass is 898 g/mol. The molecular formula is C48H50IrN2OSi-2. The van der Waals surface area contributed by atoms with Gasteiger partial charge in [-0.1, -0.05) is 143 Å². The first-order chi connectivity index (χ1) is 27.9. The van der Waals surface area contributed by atoms with Crippen molar-refractivity contribution in [1.82, 2.24) is 9.97 Å². The zero-order valence-electron chi connectivity index (χ0n) is 38.0. The van der Waals surface area contributed by atoms with Crippen molar-refractivity contribution in [3.8, 4) is 33.6 Å². The Morgan fingerprint density at radius 2 is 1.68 bits per heavy atom. The molecule has 0 atom stereocenters. The third kappa shape index (κ3) is 9.15. The van der Waals surface area contributed by atoms with Crippen LogP contribution in [0.1, 0.15) is 65.8 Å². The first kappa shape index (κ1) is 30.2. The summed E-state index contributed by atoms with van der Waals surface area (Å²) in [5.41, 5.74) is 8.18. The number of aryl methyl sites for hydroxylation is 1. The number of hydrogen-bond acceptors (Lipinski definition) is 3. The van der Waals surface area contributed by atoms with E-state index < -0.39 is 27.7 Å². The first-order valence-corrected chi connectivity index (χ1v) is 21.8. The molecule has 53 heavy (non-hydrogen) atoms. The molecule has 0 aliphatic heterocycles. The van der Waals surface area contributed by atoms with Crippen LogP contribution in [0.2, 0.25) is 19.6 Å². The number of furan rings is 1. The average molecular weight is 898 g/mol. The van der Waals surface area contributed by atoms with E-state index in [0.29, 0.717) is 28.1 Å². The average Bonchev–Trinajstić information content (AvgIpc) is 3.90. The summed E-state index contributed by atoms with van der Waals surface area (Å²) in [4.78, 5) is 9.11. The molecule has 3 heterocycles. The van der Waals surface area contributed by atoms with Crippen LogP contribution in [0.15, 0.2) is 114 Å². The predicted octanol–water partition coefficient (Wildman–Crippen LogP) is 12.4. The SMILES string of the molecule is [2H]C([2H])([2H])c1c[c-]c(-c2cc(C([2H])([2H])C(C)C)c([Si](C)(C)C)cn2)cc1.[2H]C([2H])(c1ccnc(-c2[c-]ccc3c2oc2cc(-c4ccccc4)ccc23)c1)C1CCCC1.[Ir]. The normalized spacial score (nSPS) is 16.0. The molecule has 1 fully saturated rings. The van der Waals surface area contributed by atoms with E-state index in [1.807, 2.05) is 62.4 Å². The Bertz CT molecular complexity index is 2580. The van der Waals surface area contributed by atoms with Gasteiger partial charge in [0.15, 0.2) is 0 Å². The maximum absolute atomic E-state index is 8.78. The van der Waals surface area contributed by atoms with Gasteiger partial charge in [-0.25, -0.2) is 0 Å². The summed E-state index contributed by atoms with van der Waals surface area (Å²) in [6.07, 6.45) is 4.78. The molecule has 3 nitrogen and oxygen atoms in total. The van der Waals surface area contributed by atoms with Crippen molar-refractivity contribution in [2.75, 3.05) is 0 Å². The van der Waals surface area contributed by atoms with Gasteiger partial charge < -0.3 is 14.4 Å². The van der Waals surface area contributed by atoms with E-state index in [9.17, 15) is 0 Å². The third-order valence-corrected chi connectivity index (χ3v) is 11.5. The van der Waals surface area contributed by atoms with Gasteiger partial charge >= 0.3 is 0 Å². The number of hydrogen-bond donors (Lipinski definition) is 0. The van der Waals surface area contributed by atoms with E-state index in [1.54, 1.807) is 24.5 Å². The van der Waals surface area contributed by atoms with Crippen molar-refractivity contribution < 1.29 is 34.1 Å². The summed E-state index contributed by atoms with van der Waals surface area (Å²) in [5, 5.41) is 3.08. The smallest absolute Gasteiger partial charge is 0.121 e. The molecule has 0 amide bonds. The second-order valence-corrected chi connectivity index (χ2v) is 20.0. The molecular weight excluding hydrogens is 841 g/mol. The van der Waals surface area contributed by atoms with Crippen LogP contribution in [0.3, 0.4) is 0 Å². The summed E-state index contributed by atoms with van der Waals surface area (Å²) in [5.74, 6) is -0.107. The quantitative estimate of drug-likeness (QED) is 0.113.